The van der Waals surface area contributed by atoms with Crippen molar-refractivity contribution in [2.45, 2.75) is 88.2 Å². The molecule has 2 rings (SSSR count). The van der Waals surface area contributed by atoms with Crippen LogP contribution >= 0.6 is 7.82 Å². The van der Waals surface area contributed by atoms with Crippen molar-refractivity contribution in [3.63, 3.8) is 0 Å². The molecular formula is C42H59O6P. The van der Waals surface area contributed by atoms with Crippen LogP contribution in [-0.4, -0.2) is 31.9 Å². The number of phosphoric ester groups is 1. The van der Waals surface area contributed by atoms with Gasteiger partial charge < -0.3 is 0 Å². The zero-order chi connectivity index (χ0) is 37.0. The second-order valence-electron chi connectivity index (χ2n) is 14.8. The monoisotopic (exact) mass is 690 g/mol. The Morgan fingerprint density at radius 1 is 0.755 bits per heavy atom. The van der Waals surface area contributed by atoms with E-state index in [-0.39, 0.29) is 46.3 Å². The van der Waals surface area contributed by atoms with Crippen LogP contribution in [-0.2, 0) is 27.7 Å². The van der Waals surface area contributed by atoms with Crippen molar-refractivity contribution in [2.24, 2.45) is 28.6 Å². The molecular weight excluding hydrogens is 631 g/mol. The topological polar surface area (TPSA) is 78.9 Å². The van der Waals surface area contributed by atoms with E-state index >= 15 is 0 Å². The van der Waals surface area contributed by atoms with Crippen LogP contribution in [0.5, 0.6) is 0 Å². The minimum absolute atomic E-state index is 0.0418. The van der Waals surface area contributed by atoms with Gasteiger partial charge in [0.1, 0.15) is 0 Å². The van der Waals surface area contributed by atoms with Gasteiger partial charge in [-0.1, -0.05) is 154 Å². The first-order chi connectivity index (χ1) is 22.8. The van der Waals surface area contributed by atoms with Gasteiger partial charge in [-0.25, -0.2) is 4.57 Å². The first-order valence-corrected chi connectivity index (χ1v) is 18.5. The van der Waals surface area contributed by atoms with Gasteiger partial charge in [0.25, 0.3) is 0 Å². The Bertz CT molecular complexity index is 1540. The van der Waals surface area contributed by atoms with Crippen molar-refractivity contribution < 1.29 is 27.7 Å². The Morgan fingerprint density at radius 2 is 1.22 bits per heavy atom. The second-order valence-corrected chi connectivity index (χ2v) is 16.6. The molecule has 4 atom stereocenters. The van der Waals surface area contributed by atoms with Crippen molar-refractivity contribution in [1.29, 1.82) is 0 Å². The molecule has 1 saturated carbocycles. The normalized spacial score (nSPS) is 26.3. The number of hydrogen-bond acceptors (Lipinski definition) is 6. The predicted molar refractivity (Wildman–Crippen MR) is 204 cm³/mol. The van der Waals surface area contributed by atoms with Gasteiger partial charge >= 0.3 is 7.82 Å². The molecule has 0 spiro atoms. The zero-order valence-corrected chi connectivity index (χ0v) is 32.7. The summed E-state index contributed by atoms with van der Waals surface area (Å²) in [6, 6.07) is 0. The van der Waals surface area contributed by atoms with Crippen LogP contribution in [0, 0.1) is 28.6 Å². The van der Waals surface area contributed by atoms with E-state index in [1.807, 2.05) is 38.2 Å². The number of Topliss-reactive ketones (excluding diaryl/α,β-unsaturated/α-hetero) is 2. The summed E-state index contributed by atoms with van der Waals surface area (Å²) in [6.45, 7) is 20.7. The molecule has 6 nitrogen and oxygen atoms in total. The second kappa shape index (κ2) is 18.7. The summed E-state index contributed by atoms with van der Waals surface area (Å²) < 4.78 is 28.1. The zero-order valence-electron chi connectivity index (χ0n) is 31.8. The molecule has 4 unspecified atom stereocenters. The Balaban J connectivity index is 1.93. The summed E-state index contributed by atoms with van der Waals surface area (Å²) in [6.07, 6.45) is 31.8. The van der Waals surface area contributed by atoms with Crippen LogP contribution in [0.4, 0.5) is 0 Å². The summed E-state index contributed by atoms with van der Waals surface area (Å²) in [4.78, 5) is 24.2. The van der Waals surface area contributed by atoms with Crippen LogP contribution in [0.3, 0.4) is 0 Å². The number of ketones is 2. The van der Waals surface area contributed by atoms with E-state index in [0.717, 1.165) is 27.9 Å². The molecule has 0 aromatic rings. The van der Waals surface area contributed by atoms with E-state index in [1.54, 1.807) is 0 Å². The van der Waals surface area contributed by atoms with Crippen molar-refractivity contribution in [3.05, 3.63) is 119 Å². The largest absolute Gasteiger partial charge is 0.474 e. The van der Waals surface area contributed by atoms with E-state index in [2.05, 4.69) is 122 Å². The third-order valence-electron chi connectivity index (χ3n) is 9.35. The summed E-state index contributed by atoms with van der Waals surface area (Å²) in [5, 5.41) is 0. The number of rotatable bonds is 14. The first-order valence-electron chi connectivity index (χ1n) is 17.1. The third kappa shape index (κ3) is 13.2. The maximum Gasteiger partial charge on any atom is 0.474 e. The third-order valence-corrected chi connectivity index (χ3v) is 10.8. The van der Waals surface area contributed by atoms with E-state index < -0.39 is 7.82 Å². The fourth-order valence-corrected chi connectivity index (χ4v) is 7.30. The van der Waals surface area contributed by atoms with Gasteiger partial charge in [0.15, 0.2) is 5.78 Å². The van der Waals surface area contributed by atoms with Crippen LogP contribution in [0.15, 0.2) is 119 Å². The van der Waals surface area contributed by atoms with Crippen LogP contribution in [0.25, 0.3) is 0 Å². The van der Waals surface area contributed by atoms with Gasteiger partial charge in [-0.15, -0.1) is 0 Å². The van der Waals surface area contributed by atoms with Gasteiger partial charge in [-0.3, -0.25) is 23.2 Å². The minimum atomic E-state index is -3.55. The SMILES string of the molecule is COP(=O)(OC)OC1C=C(C)C(C=CC(C)=C/C=C/C(C)=C/C=C/C=C(C)/C=C/C=C(\C)C=CC2C(C)C(=O)C(=O)CC2(C)C)C(C)(C)C1. The van der Waals surface area contributed by atoms with Crippen LogP contribution < -0.4 is 0 Å². The van der Waals surface area contributed by atoms with E-state index in [9.17, 15) is 14.2 Å². The highest BCUT2D eigenvalue weighted by Crippen LogP contribution is 2.52. The smallest absolute Gasteiger partial charge is 0.291 e. The fourth-order valence-electron chi connectivity index (χ4n) is 6.51. The Kier molecular flexibility index (Phi) is 16.1. The summed E-state index contributed by atoms with van der Waals surface area (Å²) in [7, 11) is -0.889. The van der Waals surface area contributed by atoms with Gasteiger partial charge in [0.2, 0.25) is 5.78 Å². The molecule has 268 valence electrons. The summed E-state index contributed by atoms with van der Waals surface area (Å²) >= 11 is 0. The molecule has 0 amide bonds. The summed E-state index contributed by atoms with van der Waals surface area (Å²) in [5.41, 5.74) is 5.34. The first kappa shape index (κ1) is 42.0. The average molecular weight is 691 g/mol. The molecule has 0 N–H and O–H groups in total. The molecule has 0 aromatic heterocycles. The van der Waals surface area contributed by atoms with Crippen LogP contribution in [0.2, 0.25) is 0 Å². The lowest BCUT2D eigenvalue weighted by Gasteiger charge is -2.40. The molecule has 0 bridgehead atoms. The maximum atomic E-state index is 12.5. The molecule has 2 aliphatic carbocycles. The van der Waals surface area contributed by atoms with Gasteiger partial charge in [0, 0.05) is 32.5 Å². The van der Waals surface area contributed by atoms with E-state index in [0.29, 0.717) is 12.8 Å². The number of carbonyl (C=O) groups is 2. The van der Waals surface area contributed by atoms with E-state index in [4.69, 9.17) is 13.6 Å². The van der Waals surface area contributed by atoms with E-state index in [1.165, 1.54) is 14.2 Å². The Morgan fingerprint density at radius 3 is 1.71 bits per heavy atom. The standard InChI is InChI=1S/C42H59O6P/c1-30(19-15-21-32(3)23-25-37-34(5)27-36(28-41(37,7)8)48-49(45,46-11)47-12)17-13-14-18-31(2)20-16-22-33(4)24-26-38-35(6)40(44)39(43)29-42(38,9)10/h13-27,35-38H,28-29H2,1-12H3/b14-13+,19-15+,20-16+,25-23?,26-24?,30-17+,31-18+,32-21?,33-22+. The lowest BCUT2D eigenvalue weighted by atomic mass is 9.63. The predicted octanol–water partition coefficient (Wildman–Crippen LogP) is 11.2. The Hall–Kier alpha value is -3.15. The highest BCUT2D eigenvalue weighted by Gasteiger charge is 2.44. The quantitative estimate of drug-likeness (QED) is 0.0781. The number of hydrogen-bond donors (Lipinski definition) is 0. The number of phosphoric acid groups is 1. The molecule has 2 aliphatic rings. The van der Waals surface area contributed by atoms with Gasteiger partial charge in [-0.2, -0.15) is 0 Å². The number of allylic oxidation sites excluding steroid dienone is 19. The van der Waals surface area contributed by atoms with Crippen molar-refractivity contribution in [2.75, 3.05) is 14.2 Å². The molecule has 0 aromatic carbocycles. The molecule has 0 saturated heterocycles. The van der Waals surface area contributed by atoms with Crippen molar-refractivity contribution >= 4 is 19.4 Å². The van der Waals surface area contributed by atoms with Crippen molar-refractivity contribution in [1.82, 2.24) is 0 Å². The van der Waals surface area contributed by atoms with Crippen LogP contribution in [0.1, 0.15) is 82.1 Å². The highest BCUT2D eigenvalue weighted by atomic mass is 31.2. The minimum Gasteiger partial charge on any atom is -0.291 e. The lowest BCUT2D eigenvalue weighted by molar-refractivity contribution is -0.145. The van der Waals surface area contributed by atoms with Gasteiger partial charge in [0.05, 0.1) is 6.10 Å². The molecule has 0 radical (unpaired) electrons. The fraction of sp³-hybridized carbons (Fsp3) is 0.476. The molecule has 7 heteroatoms. The summed E-state index contributed by atoms with van der Waals surface area (Å²) in [5.74, 6) is -0.512. The molecule has 0 aliphatic heterocycles. The number of carbonyl (C=O) groups excluding carboxylic acids is 2. The van der Waals surface area contributed by atoms with Gasteiger partial charge in [-0.05, 0) is 57.8 Å². The molecule has 49 heavy (non-hydrogen) atoms. The highest BCUT2D eigenvalue weighted by molar-refractivity contribution is 7.48. The lowest BCUT2D eigenvalue weighted by Crippen LogP contribution is -2.43. The Labute approximate surface area is 296 Å². The van der Waals surface area contributed by atoms with Crippen molar-refractivity contribution in [3.8, 4) is 0 Å². The maximum absolute atomic E-state index is 12.5. The average Bonchev–Trinajstić information content (AvgIpc) is 3.00. The molecule has 0 heterocycles. The molecule has 1 fully saturated rings.